The van der Waals surface area contributed by atoms with Crippen LogP contribution in [0.4, 0.5) is 12.9 Å². The smallest absolute Gasteiger partial charge is 0.426 e. The molecule has 0 aliphatic carbocycles. The number of rotatable bonds is 2. The summed E-state index contributed by atoms with van der Waals surface area (Å²) < 4.78 is 34.3. The third kappa shape index (κ3) is 5.05. The highest BCUT2D eigenvalue weighted by atomic mass is 19.4. The van der Waals surface area contributed by atoms with E-state index in [1.807, 2.05) is 0 Å². The van der Waals surface area contributed by atoms with Crippen LogP contribution in [0.5, 0.6) is 0 Å². The van der Waals surface area contributed by atoms with Gasteiger partial charge in [0.2, 0.25) is 0 Å². The van der Waals surface area contributed by atoms with Gasteiger partial charge >= 0.3 is 7.18 Å². The van der Waals surface area contributed by atoms with E-state index in [2.05, 4.69) is 4.76 Å². The standard InChI is InChI=1S/BF3NO3/c2-1(3,4)8-5(6)7/q-1. The summed E-state index contributed by atoms with van der Waals surface area (Å²) in [6.45, 7) is 0. The Morgan fingerprint density at radius 2 is 1.88 bits per heavy atom. The summed E-state index contributed by atoms with van der Waals surface area (Å²) in [5, 5.41) is 7.00. The minimum absolute atomic E-state index is 1.89. The fourth-order valence-electron chi connectivity index (χ4n) is 0.0976. The van der Waals surface area contributed by atoms with Gasteiger partial charge in [0, 0.05) is 0 Å². The summed E-state index contributed by atoms with van der Waals surface area (Å²) in [4.78, 5) is 8.89. The van der Waals surface area contributed by atoms with E-state index in [1.54, 1.807) is 0 Å². The first-order valence-corrected chi connectivity index (χ1v) is 1.44. The molecule has 0 aliphatic heterocycles. The van der Waals surface area contributed by atoms with E-state index in [0.29, 0.717) is 0 Å². The van der Waals surface area contributed by atoms with E-state index in [0.717, 1.165) is 0 Å². The molecule has 48 valence electrons. The summed E-state index contributed by atoms with van der Waals surface area (Å²) in [5.74, 6) is 0. The lowest BCUT2D eigenvalue weighted by Crippen LogP contribution is -2.24. The summed E-state index contributed by atoms with van der Waals surface area (Å²) in [6, 6.07) is 0. The zero-order valence-corrected chi connectivity index (χ0v) is 3.38. The van der Waals surface area contributed by atoms with E-state index in [1.165, 1.54) is 0 Å². The number of hydrogen-bond acceptors (Lipinski definition) is 3. The van der Waals surface area contributed by atoms with E-state index < -0.39 is 12.3 Å². The molecule has 0 saturated heterocycles. The Morgan fingerprint density at radius 3 is 1.88 bits per heavy atom. The molecule has 0 aliphatic rings. The van der Waals surface area contributed by atoms with Gasteiger partial charge < -0.3 is 17.7 Å². The van der Waals surface area contributed by atoms with Gasteiger partial charge in [0.15, 0.2) is 0 Å². The summed E-state index contributed by atoms with van der Waals surface area (Å²) in [7, 11) is -5.74. The molecule has 0 amide bonds. The van der Waals surface area contributed by atoms with Gasteiger partial charge in [-0.05, 0) is 0 Å². The van der Waals surface area contributed by atoms with Crippen molar-refractivity contribution in [2.45, 2.75) is 0 Å². The fraction of sp³-hybridized carbons (Fsp3) is 0. The van der Waals surface area contributed by atoms with Crippen LogP contribution in [0.3, 0.4) is 0 Å². The molecule has 0 N–H and O–H groups in total. The molecular weight excluding hydrogens is 130 g/mol. The zero-order valence-electron chi connectivity index (χ0n) is 3.38. The summed E-state index contributed by atoms with van der Waals surface area (Å²) in [6.07, 6.45) is 0. The Hall–Kier alpha value is -0.945. The first-order valence-electron chi connectivity index (χ1n) is 1.44. The lowest BCUT2D eigenvalue weighted by Gasteiger charge is -2.09. The molecule has 0 heterocycles. The van der Waals surface area contributed by atoms with Crippen LogP contribution in [-0.4, -0.2) is 12.3 Å². The van der Waals surface area contributed by atoms with Crippen LogP contribution < -0.4 is 0 Å². The third-order valence-electron chi connectivity index (χ3n) is 0.206. The monoisotopic (exact) mass is 130 g/mol. The predicted molar refractivity (Wildman–Crippen MR) is 17.2 cm³/mol. The molecule has 8 heteroatoms. The first kappa shape index (κ1) is 7.05. The molecule has 0 atom stereocenters. The molecule has 0 aromatic heterocycles. The van der Waals surface area contributed by atoms with Crippen molar-refractivity contribution < 1.29 is 22.8 Å². The highest BCUT2D eigenvalue weighted by molar-refractivity contribution is 6.50. The molecular formula is BF3NO3-. The SMILES string of the molecule is O=[N+]([O-])O[B-](F)(F)F. The second-order valence-electron chi connectivity index (χ2n) is 0.844. The van der Waals surface area contributed by atoms with Crippen molar-refractivity contribution >= 4 is 7.18 Å². The highest BCUT2D eigenvalue weighted by Crippen LogP contribution is 2.08. The average Bonchev–Trinajstić information content (AvgIpc) is 1.21. The normalized spacial score (nSPS) is 10.9. The van der Waals surface area contributed by atoms with E-state index in [-0.39, 0.29) is 0 Å². The van der Waals surface area contributed by atoms with Gasteiger partial charge in [-0.3, -0.25) is 0 Å². The maximum Gasteiger partial charge on any atom is 0.657 e. The Kier molecular flexibility index (Phi) is 1.66. The maximum absolute atomic E-state index is 10.7. The molecule has 4 nitrogen and oxygen atoms in total. The second kappa shape index (κ2) is 1.89. The van der Waals surface area contributed by atoms with Gasteiger partial charge in [-0.15, -0.1) is 10.1 Å². The van der Waals surface area contributed by atoms with Crippen molar-refractivity contribution in [3.63, 3.8) is 0 Å². The molecule has 0 aromatic rings. The van der Waals surface area contributed by atoms with E-state index in [4.69, 9.17) is 10.1 Å². The van der Waals surface area contributed by atoms with Gasteiger partial charge in [-0.2, -0.15) is 0 Å². The van der Waals surface area contributed by atoms with Gasteiger partial charge in [0.1, 0.15) is 0 Å². The van der Waals surface area contributed by atoms with Crippen molar-refractivity contribution in [1.29, 1.82) is 0 Å². The topological polar surface area (TPSA) is 52.4 Å². The third-order valence-corrected chi connectivity index (χ3v) is 0.206. The van der Waals surface area contributed by atoms with Gasteiger partial charge in [0.25, 0.3) is 5.09 Å². The highest BCUT2D eigenvalue weighted by Gasteiger charge is 2.28. The lowest BCUT2D eigenvalue weighted by molar-refractivity contribution is -0.728. The Morgan fingerprint density at radius 1 is 1.50 bits per heavy atom. The minimum atomic E-state index is -5.74. The van der Waals surface area contributed by atoms with Crippen molar-refractivity contribution in [3.05, 3.63) is 10.1 Å². The largest absolute Gasteiger partial charge is 0.657 e. The molecule has 0 radical (unpaired) electrons. The van der Waals surface area contributed by atoms with Crippen LogP contribution in [0.1, 0.15) is 0 Å². The second-order valence-corrected chi connectivity index (χ2v) is 0.844. The van der Waals surface area contributed by atoms with Crippen molar-refractivity contribution in [3.8, 4) is 0 Å². The molecule has 0 rings (SSSR count). The molecule has 0 aromatic carbocycles. The molecule has 8 heavy (non-hydrogen) atoms. The van der Waals surface area contributed by atoms with Crippen molar-refractivity contribution in [2.75, 3.05) is 0 Å². The Balaban J connectivity index is 3.55. The minimum Gasteiger partial charge on any atom is -0.426 e. The van der Waals surface area contributed by atoms with E-state index >= 15 is 0 Å². The lowest BCUT2D eigenvalue weighted by atomic mass is 10.3. The average molecular weight is 130 g/mol. The van der Waals surface area contributed by atoms with E-state index in [9.17, 15) is 12.9 Å². The van der Waals surface area contributed by atoms with Crippen LogP contribution >= 0.6 is 0 Å². The maximum atomic E-state index is 10.7. The zero-order chi connectivity index (χ0) is 6.78. The summed E-state index contributed by atoms with van der Waals surface area (Å²) >= 11 is 0. The van der Waals surface area contributed by atoms with Crippen LogP contribution in [0.25, 0.3) is 0 Å². The number of halogens is 3. The van der Waals surface area contributed by atoms with Crippen LogP contribution in [0, 0.1) is 10.1 Å². The number of nitrogens with zero attached hydrogens (tertiary/aromatic N) is 1. The van der Waals surface area contributed by atoms with Gasteiger partial charge in [-0.1, -0.05) is 0 Å². The first-order chi connectivity index (χ1) is 3.42. The summed E-state index contributed by atoms with van der Waals surface area (Å²) in [5.41, 5.74) is 0. The fourth-order valence-corrected chi connectivity index (χ4v) is 0.0976. The van der Waals surface area contributed by atoms with Crippen LogP contribution in [-0.2, 0) is 4.76 Å². The van der Waals surface area contributed by atoms with Crippen LogP contribution in [0.2, 0.25) is 0 Å². The Bertz CT molecular complexity index is 97.2. The van der Waals surface area contributed by atoms with Crippen molar-refractivity contribution in [1.82, 2.24) is 0 Å². The Labute approximate surface area is 41.4 Å². The molecule has 0 bridgehead atoms. The molecule has 0 fully saturated rings. The van der Waals surface area contributed by atoms with Gasteiger partial charge in [0.05, 0.1) is 0 Å². The molecule has 0 unspecified atom stereocenters. The predicted octanol–water partition coefficient (Wildman–Crippen LogP) is 0.539. The quantitative estimate of drug-likeness (QED) is 0.311. The van der Waals surface area contributed by atoms with Crippen molar-refractivity contribution in [2.24, 2.45) is 0 Å². The molecule has 0 saturated carbocycles. The van der Waals surface area contributed by atoms with Gasteiger partial charge in [-0.25, -0.2) is 0 Å². The molecule has 0 spiro atoms. The number of hydrogen-bond donors (Lipinski definition) is 0. The van der Waals surface area contributed by atoms with Crippen LogP contribution in [0.15, 0.2) is 0 Å².